The maximum absolute atomic E-state index is 10.0. The molecule has 0 rings (SSSR count). The molecule has 0 saturated heterocycles. The fraction of sp³-hybridized carbons (Fsp3) is 0.947. The number of aliphatic hydroxyl groups is 2. The predicted octanol–water partition coefficient (Wildman–Crippen LogP) is 11.3. The molecule has 0 amide bonds. The van der Waals surface area contributed by atoms with E-state index < -0.39 is 0 Å². The molecule has 0 heterocycles. The molecular weight excluding hydrogens is 584 g/mol. The third kappa shape index (κ3) is 64.7. The van der Waals surface area contributed by atoms with Crippen LogP contribution in [0, 0.1) is 11.8 Å². The topological polar surface area (TPSA) is 91.7 Å². The van der Waals surface area contributed by atoms with Crippen LogP contribution in [0.1, 0.15) is 207 Å². The molecule has 0 aliphatic heterocycles. The van der Waals surface area contributed by atoms with Crippen LogP contribution in [0.25, 0.3) is 0 Å². The molecule has 0 aromatic heterocycles. The van der Waals surface area contributed by atoms with Crippen molar-refractivity contribution in [1.29, 1.82) is 0 Å². The molecule has 0 bridgehead atoms. The fourth-order valence-electron chi connectivity index (χ4n) is 5.04. The van der Waals surface area contributed by atoms with E-state index in [9.17, 15) is 9.59 Å². The van der Waals surface area contributed by atoms with Gasteiger partial charge in [0.15, 0.2) is 0 Å². The monoisotopic (exact) mass is 661 g/mol. The molecule has 0 aliphatic carbocycles. The van der Waals surface area contributed by atoms with E-state index in [2.05, 4.69) is 27.7 Å². The van der Waals surface area contributed by atoms with Crippen molar-refractivity contribution in [2.75, 3.05) is 13.2 Å². The third-order valence-corrected chi connectivity index (χ3v) is 7.72. The average Bonchev–Trinajstić information content (AvgIpc) is 3.02. The molecule has 0 aromatic carbocycles. The van der Waals surface area contributed by atoms with E-state index in [-0.39, 0.29) is 13.2 Å². The van der Waals surface area contributed by atoms with Gasteiger partial charge >= 0.3 is 23.7 Å². The van der Waals surface area contributed by atoms with Gasteiger partial charge in [-0.25, -0.2) is 0 Å². The van der Waals surface area contributed by atoms with Crippen LogP contribution >= 0.6 is 0 Å². The molecule has 0 spiro atoms. The van der Waals surface area contributed by atoms with Crippen LogP contribution in [0.4, 0.5) is 0 Å². The minimum absolute atomic E-state index is 0.125. The average molecular weight is 661 g/mol. The molecule has 0 unspecified atom stereocenters. The summed E-state index contributed by atoms with van der Waals surface area (Å²) in [7, 11) is 0. The first-order chi connectivity index (χ1) is 21.5. The SMILES string of the molecule is CC(C)CCCCCCCCCCCCCC[C-]=O.CC(C)CCCCCCCCCCCCCC[C-]=O.OCCO.[O]=[Ti+2]. The van der Waals surface area contributed by atoms with Gasteiger partial charge in [0.05, 0.1) is 13.2 Å². The van der Waals surface area contributed by atoms with Crippen LogP contribution < -0.4 is 0 Å². The van der Waals surface area contributed by atoms with Gasteiger partial charge in [0, 0.05) is 0 Å². The van der Waals surface area contributed by atoms with E-state index in [1.54, 1.807) is 0 Å². The van der Waals surface area contributed by atoms with Crippen molar-refractivity contribution in [2.45, 2.75) is 207 Å². The van der Waals surface area contributed by atoms with Crippen LogP contribution in [0.3, 0.4) is 0 Å². The summed E-state index contributed by atoms with van der Waals surface area (Å²) in [4.78, 5) is 20.0. The zero-order valence-electron chi connectivity index (χ0n) is 30.0. The number of unbranched alkanes of at least 4 members (excludes halogenated alkanes) is 24. The Morgan fingerprint density at radius 2 is 0.568 bits per heavy atom. The molecule has 0 aromatic rings. The van der Waals surface area contributed by atoms with Gasteiger partial charge in [-0.15, -0.1) is 0 Å². The molecule has 2 N–H and O–H groups in total. The van der Waals surface area contributed by atoms with E-state index in [0.717, 1.165) is 45.1 Å². The van der Waals surface area contributed by atoms with E-state index in [0.29, 0.717) is 12.8 Å². The molecule has 0 saturated carbocycles. The molecule has 6 heteroatoms. The first-order valence-electron chi connectivity index (χ1n) is 18.6. The van der Waals surface area contributed by atoms with E-state index in [1.165, 1.54) is 154 Å². The van der Waals surface area contributed by atoms with E-state index >= 15 is 0 Å². The minimum atomic E-state index is -0.125. The molecule has 0 aliphatic rings. The van der Waals surface area contributed by atoms with Crippen molar-refractivity contribution in [3.63, 3.8) is 0 Å². The normalized spacial score (nSPS) is 10.4. The van der Waals surface area contributed by atoms with Gasteiger partial charge < -0.3 is 19.8 Å². The van der Waals surface area contributed by atoms with Crippen LogP contribution in [-0.2, 0) is 33.3 Å². The van der Waals surface area contributed by atoms with Gasteiger partial charge in [0.1, 0.15) is 0 Å². The Balaban J connectivity index is -0.000000308. The summed E-state index contributed by atoms with van der Waals surface area (Å²) in [5, 5.41) is 15.2. The van der Waals surface area contributed by atoms with Crippen LogP contribution in [-0.4, -0.2) is 36.0 Å². The van der Waals surface area contributed by atoms with Gasteiger partial charge in [-0.2, -0.15) is 12.8 Å². The second kappa shape index (κ2) is 52.3. The Kier molecular flexibility index (Phi) is 60.2. The fourth-order valence-corrected chi connectivity index (χ4v) is 5.04. The first kappa shape index (κ1) is 50.6. The van der Waals surface area contributed by atoms with Crippen molar-refractivity contribution >= 4 is 12.6 Å². The summed E-state index contributed by atoms with van der Waals surface area (Å²) in [6, 6.07) is 0. The summed E-state index contributed by atoms with van der Waals surface area (Å²) >= 11 is 0.750. The van der Waals surface area contributed by atoms with E-state index in [1.807, 2.05) is 12.6 Å². The van der Waals surface area contributed by atoms with Gasteiger partial charge in [-0.05, 0) is 11.8 Å². The van der Waals surface area contributed by atoms with Crippen molar-refractivity contribution in [3.8, 4) is 0 Å². The third-order valence-electron chi connectivity index (χ3n) is 7.72. The van der Waals surface area contributed by atoms with Crippen LogP contribution in [0.15, 0.2) is 0 Å². The Bertz CT molecular complexity index is 446. The summed E-state index contributed by atoms with van der Waals surface area (Å²) in [6.07, 6.45) is 40.6. The zero-order chi connectivity index (χ0) is 33.8. The summed E-state index contributed by atoms with van der Waals surface area (Å²) in [5.41, 5.74) is 0. The molecule has 262 valence electrons. The second-order valence-electron chi connectivity index (χ2n) is 13.1. The van der Waals surface area contributed by atoms with E-state index in [4.69, 9.17) is 13.5 Å². The van der Waals surface area contributed by atoms with Crippen molar-refractivity contribution in [2.24, 2.45) is 11.8 Å². The molecule has 0 radical (unpaired) electrons. The summed E-state index contributed by atoms with van der Waals surface area (Å²) in [5.74, 6) is 1.76. The molecular formula is C38H76O5Ti. The Hall–Kier alpha value is -0.226. The first-order valence-corrected chi connectivity index (χ1v) is 19.2. The molecule has 0 fully saturated rings. The second-order valence-corrected chi connectivity index (χ2v) is 13.1. The van der Waals surface area contributed by atoms with Crippen molar-refractivity contribution < 1.29 is 43.5 Å². The van der Waals surface area contributed by atoms with Crippen molar-refractivity contribution in [1.82, 2.24) is 0 Å². The number of hydrogen-bond acceptors (Lipinski definition) is 5. The van der Waals surface area contributed by atoms with Gasteiger partial charge in [-0.3, -0.25) is 12.6 Å². The summed E-state index contributed by atoms with van der Waals surface area (Å²) < 4.78 is 8.25. The Morgan fingerprint density at radius 1 is 0.386 bits per heavy atom. The quantitative estimate of drug-likeness (QED) is 0.0439. The molecule has 0 atom stereocenters. The maximum atomic E-state index is 10.0. The molecule has 5 nitrogen and oxygen atoms in total. The van der Waals surface area contributed by atoms with Gasteiger partial charge in [0.2, 0.25) is 0 Å². The van der Waals surface area contributed by atoms with Gasteiger partial charge in [0.25, 0.3) is 0 Å². The summed E-state index contributed by atoms with van der Waals surface area (Å²) in [6.45, 7) is 9.02. The Morgan fingerprint density at radius 3 is 0.727 bits per heavy atom. The Labute approximate surface area is 287 Å². The zero-order valence-corrected chi connectivity index (χ0v) is 31.5. The number of aliphatic hydroxyl groups excluding tert-OH is 2. The molecule has 44 heavy (non-hydrogen) atoms. The standard InChI is InChI=1S/2C18H35O.C2H6O2.O.Ti/c2*1-18(2)16-14-12-10-8-6-4-3-5-7-9-11-13-15-17-19;3-1-2-4;;/h2*18H,3-16H2,1-2H3;3-4H,1-2H2;;/q2*-1;;;+2. The number of hydrogen-bond donors (Lipinski definition) is 2. The van der Waals surface area contributed by atoms with Crippen molar-refractivity contribution in [3.05, 3.63) is 0 Å². The van der Waals surface area contributed by atoms with Gasteiger partial charge in [-0.1, -0.05) is 195 Å². The number of carbonyl (C=O) groups excluding carboxylic acids is 2. The predicted molar refractivity (Wildman–Crippen MR) is 185 cm³/mol. The van der Waals surface area contributed by atoms with Crippen LogP contribution in [0.5, 0.6) is 0 Å². The van der Waals surface area contributed by atoms with Crippen LogP contribution in [0.2, 0.25) is 0 Å². The number of rotatable bonds is 31.